The number of aromatic nitrogens is 2. The van der Waals surface area contributed by atoms with E-state index in [4.69, 9.17) is 4.42 Å². The molecule has 1 atom stereocenters. The molecule has 16 heavy (non-hydrogen) atoms. The summed E-state index contributed by atoms with van der Waals surface area (Å²) in [5.74, 6) is 0.995. The highest BCUT2D eigenvalue weighted by atomic mass is 32.2. The van der Waals surface area contributed by atoms with Gasteiger partial charge >= 0.3 is 5.97 Å². The summed E-state index contributed by atoms with van der Waals surface area (Å²) in [6.45, 7) is 1.91. The van der Waals surface area contributed by atoms with E-state index in [1.807, 2.05) is 13.2 Å². The second kappa shape index (κ2) is 6.80. The molecule has 1 rings (SSSR count). The van der Waals surface area contributed by atoms with Crippen molar-refractivity contribution in [3.05, 3.63) is 5.89 Å². The van der Waals surface area contributed by atoms with Gasteiger partial charge in [0.15, 0.2) is 0 Å². The van der Waals surface area contributed by atoms with Gasteiger partial charge in [0.1, 0.15) is 5.25 Å². The molecule has 0 spiro atoms. The van der Waals surface area contributed by atoms with Crippen molar-refractivity contribution >= 4 is 29.5 Å². The van der Waals surface area contributed by atoms with E-state index in [0.717, 1.165) is 0 Å². The van der Waals surface area contributed by atoms with Gasteiger partial charge in [-0.3, -0.25) is 4.79 Å². The Morgan fingerprint density at radius 2 is 2.31 bits per heavy atom. The molecule has 0 aliphatic rings. The van der Waals surface area contributed by atoms with Crippen LogP contribution >= 0.6 is 23.5 Å². The first kappa shape index (κ1) is 13.4. The molecule has 0 amide bonds. The zero-order valence-electron chi connectivity index (χ0n) is 9.43. The first-order valence-corrected chi connectivity index (χ1v) is 7.04. The minimum Gasteiger partial charge on any atom is -0.468 e. The molecule has 1 heterocycles. The van der Waals surface area contributed by atoms with Gasteiger partial charge in [0.25, 0.3) is 5.22 Å². The highest BCUT2D eigenvalue weighted by Crippen LogP contribution is 2.25. The number of hydrogen-bond acceptors (Lipinski definition) is 7. The molecule has 0 radical (unpaired) electrons. The van der Waals surface area contributed by atoms with E-state index in [-0.39, 0.29) is 11.2 Å². The van der Waals surface area contributed by atoms with Crippen molar-refractivity contribution in [1.29, 1.82) is 0 Å². The van der Waals surface area contributed by atoms with Crippen LogP contribution in [0.25, 0.3) is 0 Å². The van der Waals surface area contributed by atoms with Crippen molar-refractivity contribution in [3.8, 4) is 0 Å². The molecule has 90 valence electrons. The van der Waals surface area contributed by atoms with Gasteiger partial charge in [-0.15, -0.1) is 10.2 Å². The largest absolute Gasteiger partial charge is 0.468 e. The zero-order chi connectivity index (χ0) is 12.0. The molecule has 0 N–H and O–H groups in total. The van der Waals surface area contributed by atoms with Crippen molar-refractivity contribution in [3.63, 3.8) is 0 Å². The maximum Gasteiger partial charge on any atom is 0.319 e. The molecule has 0 aliphatic carbocycles. The van der Waals surface area contributed by atoms with E-state index >= 15 is 0 Å². The minimum absolute atomic E-state index is 0.267. The predicted octanol–water partition coefficient (Wildman–Crippen LogP) is 1.98. The van der Waals surface area contributed by atoms with Crippen molar-refractivity contribution in [2.45, 2.75) is 29.6 Å². The number of methoxy groups -OCH3 is 1. The standard InChI is InChI=1S/C9H14N2O3S2/c1-4-6(8(12)13-2)16-9-11-10-7(14-9)5-15-3/h6H,4-5H2,1-3H3. The monoisotopic (exact) mass is 262 g/mol. The number of carbonyl (C=O) groups excluding carboxylic acids is 1. The number of thioether (sulfide) groups is 2. The molecule has 5 nitrogen and oxygen atoms in total. The van der Waals surface area contributed by atoms with Gasteiger partial charge in [-0.05, 0) is 12.7 Å². The Hall–Kier alpha value is -0.690. The van der Waals surface area contributed by atoms with Gasteiger partial charge in [0, 0.05) is 0 Å². The van der Waals surface area contributed by atoms with E-state index in [2.05, 4.69) is 14.9 Å². The Balaban J connectivity index is 2.59. The molecule has 1 unspecified atom stereocenters. The van der Waals surface area contributed by atoms with Crippen LogP contribution in [-0.4, -0.2) is 34.8 Å². The van der Waals surface area contributed by atoms with Crippen LogP contribution in [0.4, 0.5) is 0 Å². The lowest BCUT2D eigenvalue weighted by molar-refractivity contribution is -0.140. The van der Waals surface area contributed by atoms with Gasteiger partial charge in [0.05, 0.1) is 12.9 Å². The molecule has 0 aliphatic heterocycles. The molecule has 0 bridgehead atoms. The minimum atomic E-state index is -0.285. The van der Waals surface area contributed by atoms with Crippen LogP contribution in [0.1, 0.15) is 19.2 Å². The third kappa shape index (κ3) is 3.71. The maximum absolute atomic E-state index is 11.3. The van der Waals surface area contributed by atoms with E-state index in [0.29, 0.717) is 23.3 Å². The third-order valence-corrected chi connectivity index (χ3v) is 3.51. The van der Waals surface area contributed by atoms with Crippen LogP contribution < -0.4 is 0 Å². The topological polar surface area (TPSA) is 65.2 Å². The molecule has 0 saturated heterocycles. The van der Waals surface area contributed by atoms with E-state index < -0.39 is 0 Å². The number of carbonyl (C=O) groups is 1. The normalized spacial score (nSPS) is 12.4. The van der Waals surface area contributed by atoms with Crippen molar-refractivity contribution in [2.24, 2.45) is 0 Å². The summed E-state index contributed by atoms with van der Waals surface area (Å²) < 4.78 is 10.0. The Bertz CT molecular complexity index is 343. The van der Waals surface area contributed by atoms with Gasteiger partial charge in [-0.25, -0.2) is 0 Å². The smallest absolute Gasteiger partial charge is 0.319 e. The summed E-state index contributed by atoms with van der Waals surface area (Å²) in [6, 6.07) is 0. The van der Waals surface area contributed by atoms with E-state index in [1.54, 1.807) is 11.8 Å². The van der Waals surface area contributed by atoms with Crippen LogP contribution in [0.5, 0.6) is 0 Å². The first-order chi connectivity index (χ1) is 7.71. The summed E-state index contributed by atoms with van der Waals surface area (Å²) >= 11 is 2.85. The second-order valence-electron chi connectivity index (χ2n) is 2.93. The van der Waals surface area contributed by atoms with Gasteiger partial charge in [0.2, 0.25) is 5.89 Å². The van der Waals surface area contributed by atoms with E-state index in [9.17, 15) is 4.79 Å². The van der Waals surface area contributed by atoms with Crippen LogP contribution in [0.2, 0.25) is 0 Å². The van der Waals surface area contributed by atoms with Crippen LogP contribution in [0.3, 0.4) is 0 Å². The second-order valence-corrected chi connectivity index (χ2v) is 4.95. The Labute approximate surface area is 103 Å². The number of ether oxygens (including phenoxy) is 1. The van der Waals surface area contributed by atoms with Crippen LogP contribution in [-0.2, 0) is 15.3 Å². The summed E-state index contributed by atoms with van der Waals surface area (Å²) in [7, 11) is 1.37. The molecule has 1 aromatic rings. The Kier molecular flexibility index (Phi) is 5.68. The molecule has 1 aromatic heterocycles. The van der Waals surface area contributed by atoms with Gasteiger partial charge in [-0.2, -0.15) is 11.8 Å². The fourth-order valence-corrected chi connectivity index (χ4v) is 2.22. The van der Waals surface area contributed by atoms with Gasteiger partial charge in [-0.1, -0.05) is 18.7 Å². The molecular weight excluding hydrogens is 248 g/mol. The van der Waals surface area contributed by atoms with Crippen molar-refractivity contribution in [2.75, 3.05) is 13.4 Å². The first-order valence-electron chi connectivity index (χ1n) is 4.77. The summed E-state index contributed by atoms with van der Waals surface area (Å²) in [4.78, 5) is 11.3. The fourth-order valence-electron chi connectivity index (χ4n) is 1.02. The average molecular weight is 262 g/mol. The zero-order valence-corrected chi connectivity index (χ0v) is 11.1. The highest BCUT2D eigenvalue weighted by Gasteiger charge is 2.21. The van der Waals surface area contributed by atoms with Crippen LogP contribution in [0.15, 0.2) is 9.64 Å². The SMILES string of the molecule is CCC(Sc1nnc(CSC)o1)C(=O)OC. The Morgan fingerprint density at radius 3 is 2.88 bits per heavy atom. The lowest BCUT2D eigenvalue weighted by atomic mass is 10.3. The molecule has 0 fully saturated rings. The fraction of sp³-hybridized carbons (Fsp3) is 0.667. The average Bonchev–Trinajstić information content (AvgIpc) is 2.73. The van der Waals surface area contributed by atoms with Crippen LogP contribution in [0, 0.1) is 0 Å². The number of esters is 1. The molecular formula is C9H14N2O3S2. The van der Waals surface area contributed by atoms with E-state index in [1.165, 1.54) is 18.9 Å². The highest BCUT2D eigenvalue weighted by molar-refractivity contribution is 8.00. The molecule has 0 saturated carbocycles. The lowest BCUT2D eigenvalue weighted by Crippen LogP contribution is -2.17. The quantitative estimate of drug-likeness (QED) is 0.573. The summed E-state index contributed by atoms with van der Waals surface area (Å²) in [5, 5.41) is 7.87. The number of hydrogen-bond donors (Lipinski definition) is 0. The third-order valence-electron chi connectivity index (χ3n) is 1.79. The molecule has 7 heteroatoms. The van der Waals surface area contributed by atoms with Crippen molar-refractivity contribution in [1.82, 2.24) is 10.2 Å². The Morgan fingerprint density at radius 1 is 1.56 bits per heavy atom. The summed E-state index contributed by atoms with van der Waals surface area (Å²) in [5.41, 5.74) is 0. The number of nitrogens with zero attached hydrogens (tertiary/aromatic N) is 2. The van der Waals surface area contributed by atoms with Gasteiger partial charge < -0.3 is 9.15 Å². The maximum atomic E-state index is 11.3. The lowest BCUT2D eigenvalue weighted by Gasteiger charge is -2.08. The summed E-state index contributed by atoms with van der Waals surface area (Å²) in [6.07, 6.45) is 2.62. The van der Waals surface area contributed by atoms with Crippen molar-refractivity contribution < 1.29 is 13.9 Å². The molecule has 0 aromatic carbocycles. The number of rotatable bonds is 6. The predicted molar refractivity (Wildman–Crippen MR) is 63.5 cm³/mol.